The summed E-state index contributed by atoms with van der Waals surface area (Å²) in [6, 6.07) is 7.14. The number of likely N-dealkylation sites (N-methyl/N-ethyl adjacent to an activating group) is 1. The van der Waals surface area contributed by atoms with E-state index >= 15 is 0 Å². The Morgan fingerprint density at radius 3 is 2.84 bits per heavy atom. The zero-order chi connectivity index (χ0) is 22.8. The topological polar surface area (TPSA) is 118 Å². The minimum absolute atomic E-state index is 0.0101. The van der Waals surface area contributed by atoms with E-state index in [-0.39, 0.29) is 16.7 Å². The first-order valence-corrected chi connectivity index (χ1v) is 10.9. The summed E-state index contributed by atoms with van der Waals surface area (Å²) >= 11 is 4.35. The van der Waals surface area contributed by atoms with Crippen LogP contribution in [0.3, 0.4) is 0 Å². The molecule has 2 N–H and O–H groups in total. The minimum Gasteiger partial charge on any atom is -0.489 e. The van der Waals surface area contributed by atoms with Crippen molar-refractivity contribution in [2.24, 2.45) is 5.16 Å². The van der Waals surface area contributed by atoms with Gasteiger partial charge in [0, 0.05) is 7.05 Å². The molecule has 32 heavy (non-hydrogen) atoms. The van der Waals surface area contributed by atoms with Gasteiger partial charge in [0.25, 0.3) is 0 Å². The Morgan fingerprint density at radius 2 is 2.09 bits per heavy atom. The number of benzene rings is 1. The Kier molecular flexibility index (Phi) is 6.31. The summed E-state index contributed by atoms with van der Waals surface area (Å²) < 4.78 is 11.5. The van der Waals surface area contributed by atoms with Crippen LogP contribution in [0.15, 0.2) is 57.7 Å². The van der Waals surface area contributed by atoms with Gasteiger partial charge in [-0.3, -0.25) is 4.94 Å². The number of ether oxygens (including phenoxy) is 2. The van der Waals surface area contributed by atoms with E-state index in [4.69, 9.17) is 19.5 Å². The van der Waals surface area contributed by atoms with E-state index in [9.17, 15) is 14.7 Å². The van der Waals surface area contributed by atoms with Crippen LogP contribution in [0.25, 0.3) is 10.4 Å². The second-order valence-electron chi connectivity index (χ2n) is 6.87. The Hall–Kier alpha value is -3.15. The van der Waals surface area contributed by atoms with Crippen LogP contribution in [-0.4, -0.2) is 59.2 Å². The van der Waals surface area contributed by atoms with Crippen molar-refractivity contribution in [3.8, 4) is 21.9 Å². The van der Waals surface area contributed by atoms with Gasteiger partial charge in [-0.05, 0) is 45.3 Å². The largest absolute Gasteiger partial charge is 0.489 e. The number of aromatic carboxylic acids is 1. The molecule has 1 aliphatic heterocycles. The number of halogens is 1. The summed E-state index contributed by atoms with van der Waals surface area (Å²) in [5, 5.41) is 24.0. The van der Waals surface area contributed by atoms with E-state index in [2.05, 4.69) is 21.1 Å². The van der Waals surface area contributed by atoms with Gasteiger partial charge in [-0.25, -0.2) is 9.59 Å². The van der Waals surface area contributed by atoms with Gasteiger partial charge < -0.3 is 19.7 Å². The number of oxime groups is 1. The molecule has 1 atom stereocenters. The number of thiophene rings is 1. The molecular formula is C21H17BrN2O7S. The van der Waals surface area contributed by atoms with Crippen molar-refractivity contribution < 1.29 is 34.2 Å². The molecule has 166 valence electrons. The SMILES string of the molecule is CN1ON=C2C=CC(COc3cccc(-c4sc(C(=O)O)c(OCC(=O)O)c4Br)c3)=CC21. The van der Waals surface area contributed by atoms with E-state index in [1.165, 1.54) is 0 Å². The predicted molar refractivity (Wildman–Crippen MR) is 120 cm³/mol. The van der Waals surface area contributed by atoms with Gasteiger partial charge in [-0.2, -0.15) is 0 Å². The number of aliphatic carboxylic acids is 1. The lowest BCUT2D eigenvalue weighted by atomic mass is 10.0. The molecule has 2 aliphatic rings. The average Bonchev–Trinajstić information content (AvgIpc) is 3.30. The fourth-order valence-electron chi connectivity index (χ4n) is 3.15. The number of carboxylic acids is 2. The molecule has 2 heterocycles. The van der Waals surface area contributed by atoms with Crippen LogP contribution < -0.4 is 9.47 Å². The first kappa shape index (κ1) is 22.1. The average molecular weight is 521 g/mol. The molecule has 0 saturated heterocycles. The molecule has 1 aliphatic carbocycles. The van der Waals surface area contributed by atoms with Gasteiger partial charge in [0.2, 0.25) is 0 Å². The highest BCUT2D eigenvalue weighted by atomic mass is 79.9. The zero-order valence-corrected chi connectivity index (χ0v) is 19.1. The fraction of sp³-hybridized carbons (Fsp3) is 0.190. The minimum atomic E-state index is -1.20. The number of hydroxylamine groups is 2. The van der Waals surface area contributed by atoms with Crippen molar-refractivity contribution in [1.29, 1.82) is 0 Å². The Bertz CT molecular complexity index is 1170. The van der Waals surface area contributed by atoms with Gasteiger partial charge in [0.05, 0.1) is 9.35 Å². The molecule has 0 saturated carbocycles. The first-order valence-electron chi connectivity index (χ1n) is 9.33. The molecule has 0 fully saturated rings. The van der Waals surface area contributed by atoms with Gasteiger partial charge in [-0.15, -0.1) is 16.4 Å². The van der Waals surface area contributed by atoms with E-state index < -0.39 is 18.5 Å². The van der Waals surface area contributed by atoms with Crippen LogP contribution in [0.4, 0.5) is 0 Å². The lowest BCUT2D eigenvalue weighted by Gasteiger charge is -2.17. The fourth-order valence-corrected chi connectivity index (χ4v) is 5.04. The monoisotopic (exact) mass is 520 g/mol. The van der Waals surface area contributed by atoms with Crippen LogP contribution in [0.2, 0.25) is 0 Å². The van der Waals surface area contributed by atoms with Crippen molar-refractivity contribution >= 4 is 44.9 Å². The van der Waals surface area contributed by atoms with Crippen molar-refractivity contribution in [3.05, 3.63) is 57.4 Å². The number of fused-ring (bicyclic) bond motifs is 1. The molecule has 11 heteroatoms. The summed E-state index contributed by atoms with van der Waals surface area (Å²) in [5.74, 6) is -1.81. The number of nitrogens with zero attached hydrogens (tertiary/aromatic N) is 2. The summed E-state index contributed by atoms with van der Waals surface area (Å²) in [6.45, 7) is -0.314. The van der Waals surface area contributed by atoms with E-state index in [0.29, 0.717) is 27.3 Å². The van der Waals surface area contributed by atoms with Gasteiger partial charge >= 0.3 is 11.9 Å². The molecule has 0 spiro atoms. The Morgan fingerprint density at radius 1 is 1.28 bits per heavy atom. The Labute approximate surface area is 194 Å². The highest BCUT2D eigenvalue weighted by Crippen LogP contribution is 2.46. The third kappa shape index (κ3) is 4.54. The van der Waals surface area contributed by atoms with Crippen LogP contribution in [0, 0.1) is 0 Å². The standard InChI is InChI=1S/C21H17BrN2O7S/c1-24-15-7-11(5-6-14(15)23-31-24)9-29-13-4-2-3-12(8-13)19-17(22)18(30-10-16(25)26)20(32-19)21(27)28/h2-8,15H,9-10H2,1H3,(H,25,26)(H,27,28). The lowest BCUT2D eigenvalue weighted by molar-refractivity contribution is -0.139. The molecule has 1 aromatic carbocycles. The van der Waals surface area contributed by atoms with Crippen LogP contribution >= 0.6 is 27.3 Å². The normalized spacial score (nSPS) is 17.2. The van der Waals surface area contributed by atoms with E-state index in [1.807, 2.05) is 24.3 Å². The summed E-state index contributed by atoms with van der Waals surface area (Å²) in [7, 11) is 1.80. The Balaban J connectivity index is 1.53. The number of hydrogen-bond acceptors (Lipinski definition) is 8. The van der Waals surface area contributed by atoms with Crippen LogP contribution in [-0.2, 0) is 9.73 Å². The summed E-state index contributed by atoms with van der Waals surface area (Å²) in [5.41, 5.74) is 2.50. The van der Waals surface area contributed by atoms with Crippen molar-refractivity contribution in [1.82, 2.24) is 5.06 Å². The maximum Gasteiger partial charge on any atom is 0.349 e. The summed E-state index contributed by atoms with van der Waals surface area (Å²) in [6.07, 6.45) is 5.82. The lowest BCUT2D eigenvalue weighted by Crippen LogP contribution is -2.30. The third-order valence-corrected chi connectivity index (χ3v) is 6.88. The van der Waals surface area contributed by atoms with Gasteiger partial charge in [0.15, 0.2) is 17.2 Å². The van der Waals surface area contributed by atoms with Gasteiger partial charge in [0.1, 0.15) is 24.1 Å². The zero-order valence-electron chi connectivity index (χ0n) is 16.6. The highest BCUT2D eigenvalue weighted by molar-refractivity contribution is 9.10. The molecule has 2 aromatic rings. The van der Waals surface area contributed by atoms with Crippen molar-refractivity contribution in [2.75, 3.05) is 20.3 Å². The van der Waals surface area contributed by atoms with Crippen molar-refractivity contribution in [3.63, 3.8) is 0 Å². The van der Waals surface area contributed by atoms with E-state index in [0.717, 1.165) is 22.6 Å². The molecule has 4 rings (SSSR count). The number of rotatable bonds is 8. The number of carboxylic acid groups (broad SMARTS) is 2. The van der Waals surface area contributed by atoms with Crippen LogP contribution in [0.1, 0.15) is 9.67 Å². The molecule has 0 amide bonds. The van der Waals surface area contributed by atoms with E-state index in [1.54, 1.807) is 30.3 Å². The highest BCUT2D eigenvalue weighted by Gasteiger charge is 2.28. The molecule has 0 radical (unpaired) electrons. The van der Waals surface area contributed by atoms with Crippen molar-refractivity contribution in [2.45, 2.75) is 6.04 Å². The molecule has 0 bridgehead atoms. The molecule has 1 aromatic heterocycles. The first-order chi connectivity index (χ1) is 15.3. The molecular weight excluding hydrogens is 504 g/mol. The predicted octanol–water partition coefficient (Wildman–Crippen LogP) is 3.82. The molecule has 9 nitrogen and oxygen atoms in total. The maximum atomic E-state index is 11.6. The molecule has 1 unspecified atom stereocenters. The van der Waals surface area contributed by atoms with Gasteiger partial charge in [-0.1, -0.05) is 29.4 Å². The second kappa shape index (κ2) is 9.15. The third-order valence-electron chi connectivity index (χ3n) is 4.65. The quantitative estimate of drug-likeness (QED) is 0.539. The summed E-state index contributed by atoms with van der Waals surface area (Å²) in [4.78, 5) is 28.1. The smallest absolute Gasteiger partial charge is 0.349 e. The van der Waals surface area contributed by atoms with Crippen LogP contribution in [0.5, 0.6) is 11.5 Å². The number of hydrogen-bond donors (Lipinski definition) is 2. The second-order valence-corrected chi connectivity index (χ2v) is 8.68. The maximum absolute atomic E-state index is 11.6. The number of carbonyl (C=O) groups is 2.